The molecule has 0 aromatic heterocycles. The Labute approximate surface area is 303 Å². The third-order valence-electron chi connectivity index (χ3n) is 7.33. The molecule has 0 saturated carbocycles. The maximum Gasteiger partial charge on any atom is 0.304 e. The summed E-state index contributed by atoms with van der Waals surface area (Å²) in [4.78, 5) is 35.8. The van der Waals surface area contributed by atoms with E-state index in [1.54, 1.807) is 38.1 Å². The summed E-state index contributed by atoms with van der Waals surface area (Å²) in [7, 11) is 0.00381. The lowest BCUT2D eigenvalue weighted by molar-refractivity contribution is -0.136. The number of rotatable bonds is 19. The minimum atomic E-state index is -3.21. The summed E-state index contributed by atoms with van der Waals surface area (Å²) < 4.78 is 35.2. The molecule has 2 unspecified atom stereocenters. The molecule has 4 aromatic rings. The van der Waals surface area contributed by atoms with Gasteiger partial charge in [0.15, 0.2) is 11.6 Å². The number of hydrogen-bond acceptors (Lipinski definition) is 9. The van der Waals surface area contributed by atoms with Crippen LogP contribution in [0.4, 0.5) is 0 Å². The lowest BCUT2D eigenvalue weighted by Gasteiger charge is -2.17. The summed E-state index contributed by atoms with van der Waals surface area (Å²) in [6, 6.07) is 33.5. The van der Waals surface area contributed by atoms with E-state index in [0.717, 1.165) is 28.9 Å². The van der Waals surface area contributed by atoms with E-state index in [4.69, 9.17) is 14.6 Å². The summed E-state index contributed by atoms with van der Waals surface area (Å²) in [6.07, 6.45) is 1.90. The van der Waals surface area contributed by atoms with Crippen molar-refractivity contribution < 1.29 is 37.4 Å². The van der Waals surface area contributed by atoms with Crippen molar-refractivity contribution in [3.63, 3.8) is 0 Å². The highest BCUT2D eigenvalue weighted by atomic mass is 32.2. The number of carboxylic acids is 1. The summed E-state index contributed by atoms with van der Waals surface area (Å²) in [5.74, 6) is 1.84. The quantitative estimate of drug-likeness (QED) is 0.0735. The molecule has 50 heavy (non-hydrogen) atoms. The second-order valence-electron chi connectivity index (χ2n) is 11.1. The van der Waals surface area contributed by atoms with E-state index in [0.29, 0.717) is 42.0 Å². The number of Topliss-reactive ketones (excluding diaryl/α,β-unsaturated/α-hetero) is 2. The fraction of sp³-hybridized carbons (Fsp3) is 0.289. The number of carbonyl (C=O) groups excluding carboxylic acids is 2. The summed E-state index contributed by atoms with van der Waals surface area (Å²) in [5, 5.41) is 8.69. The molecule has 4 aromatic carbocycles. The van der Waals surface area contributed by atoms with Crippen LogP contribution in [0, 0.1) is 0 Å². The van der Waals surface area contributed by atoms with Crippen molar-refractivity contribution in [1.29, 1.82) is 0 Å². The lowest BCUT2D eigenvalue weighted by atomic mass is 10.0. The normalized spacial score (nSPS) is 12.1. The Balaban J connectivity index is 0.000000271. The SMILES string of the molecule is COc1ccc(C(CC(=O)c2ccccc2)SCCC(=O)O)cc1.COc1ccc(C(CC(=O)c2ccccc2)SCCNS(C)(=O)=O)cc1. The third kappa shape index (κ3) is 14.8. The first-order valence-electron chi connectivity index (χ1n) is 15.8. The number of aliphatic carboxylic acids is 1. The largest absolute Gasteiger partial charge is 0.497 e. The predicted octanol–water partition coefficient (Wildman–Crippen LogP) is 7.51. The zero-order chi connectivity index (χ0) is 36.4. The second kappa shape index (κ2) is 21.2. The Bertz CT molecular complexity index is 1730. The molecule has 0 aliphatic heterocycles. The van der Waals surface area contributed by atoms with Gasteiger partial charge < -0.3 is 14.6 Å². The number of ether oxygens (including phenoxy) is 2. The fourth-order valence-electron chi connectivity index (χ4n) is 4.72. The number of ketones is 2. The van der Waals surface area contributed by atoms with Gasteiger partial charge in [0.2, 0.25) is 10.0 Å². The molecule has 0 fully saturated rings. The van der Waals surface area contributed by atoms with Gasteiger partial charge in [0, 0.05) is 52.5 Å². The van der Waals surface area contributed by atoms with Crippen molar-refractivity contribution in [3.05, 3.63) is 131 Å². The molecule has 9 nitrogen and oxygen atoms in total. The van der Waals surface area contributed by atoms with Gasteiger partial charge in [-0.2, -0.15) is 23.5 Å². The van der Waals surface area contributed by atoms with Gasteiger partial charge in [-0.25, -0.2) is 13.1 Å². The summed E-state index contributed by atoms with van der Waals surface area (Å²) in [6.45, 7) is 0.329. The van der Waals surface area contributed by atoms with Crippen LogP contribution in [0.1, 0.15) is 61.6 Å². The number of carboxylic acid groups (broad SMARTS) is 1. The Morgan fingerprint density at radius 3 is 1.42 bits per heavy atom. The number of thioether (sulfide) groups is 2. The van der Waals surface area contributed by atoms with E-state index >= 15 is 0 Å². The smallest absolute Gasteiger partial charge is 0.304 e. The molecule has 0 amide bonds. The highest BCUT2D eigenvalue weighted by Gasteiger charge is 2.20. The molecule has 0 heterocycles. The van der Waals surface area contributed by atoms with E-state index in [2.05, 4.69) is 4.72 Å². The minimum Gasteiger partial charge on any atom is -0.497 e. The molecule has 0 spiro atoms. The molecular formula is C38H43NO8S3. The van der Waals surface area contributed by atoms with Gasteiger partial charge in [-0.1, -0.05) is 84.9 Å². The van der Waals surface area contributed by atoms with Crippen LogP contribution in [-0.4, -0.2) is 69.6 Å². The number of hydrogen-bond donors (Lipinski definition) is 2. The van der Waals surface area contributed by atoms with Crippen LogP contribution in [0.3, 0.4) is 0 Å². The second-order valence-corrected chi connectivity index (χ2v) is 15.5. The van der Waals surface area contributed by atoms with Gasteiger partial charge in [-0.05, 0) is 35.4 Å². The minimum absolute atomic E-state index is 0.0549. The van der Waals surface area contributed by atoms with E-state index in [1.807, 2.05) is 97.1 Å². The topological polar surface area (TPSA) is 136 Å². The van der Waals surface area contributed by atoms with Crippen molar-refractivity contribution in [2.75, 3.05) is 38.5 Å². The van der Waals surface area contributed by atoms with Crippen molar-refractivity contribution in [2.45, 2.75) is 29.8 Å². The maximum absolute atomic E-state index is 12.6. The van der Waals surface area contributed by atoms with Crippen LogP contribution in [0.2, 0.25) is 0 Å². The molecule has 2 N–H and O–H groups in total. The average molecular weight is 738 g/mol. The Morgan fingerprint density at radius 1 is 0.660 bits per heavy atom. The molecule has 12 heteroatoms. The summed E-state index contributed by atoms with van der Waals surface area (Å²) in [5.41, 5.74) is 3.37. The number of sulfonamides is 1. The van der Waals surface area contributed by atoms with Gasteiger partial charge in [0.25, 0.3) is 0 Å². The first-order chi connectivity index (χ1) is 24.0. The molecule has 2 atom stereocenters. The molecule has 266 valence electrons. The number of carbonyl (C=O) groups is 3. The highest BCUT2D eigenvalue weighted by Crippen LogP contribution is 2.35. The summed E-state index contributed by atoms with van der Waals surface area (Å²) >= 11 is 3.06. The average Bonchev–Trinajstić information content (AvgIpc) is 3.13. The van der Waals surface area contributed by atoms with Crippen LogP contribution in [-0.2, 0) is 14.8 Å². The molecule has 0 saturated heterocycles. The van der Waals surface area contributed by atoms with E-state index in [9.17, 15) is 22.8 Å². The molecular weight excluding hydrogens is 695 g/mol. The number of benzene rings is 4. The zero-order valence-electron chi connectivity index (χ0n) is 28.3. The molecule has 0 bridgehead atoms. The van der Waals surface area contributed by atoms with Crippen LogP contribution < -0.4 is 14.2 Å². The zero-order valence-corrected chi connectivity index (χ0v) is 30.8. The molecule has 4 rings (SSSR count). The molecule has 0 aliphatic rings. The Hall–Kier alpha value is -4.10. The monoisotopic (exact) mass is 737 g/mol. The first-order valence-corrected chi connectivity index (χ1v) is 19.8. The number of nitrogens with one attached hydrogen (secondary N) is 1. The van der Waals surface area contributed by atoms with Gasteiger partial charge in [-0.3, -0.25) is 14.4 Å². The highest BCUT2D eigenvalue weighted by molar-refractivity contribution is 7.99. The predicted molar refractivity (Wildman–Crippen MR) is 202 cm³/mol. The Kier molecular flexibility index (Phi) is 17.1. The third-order valence-corrected chi connectivity index (χ3v) is 10.6. The van der Waals surface area contributed by atoms with Crippen LogP contribution in [0.25, 0.3) is 0 Å². The Morgan fingerprint density at radius 2 is 1.06 bits per heavy atom. The van der Waals surface area contributed by atoms with Crippen molar-refractivity contribution in [1.82, 2.24) is 4.72 Å². The maximum atomic E-state index is 12.6. The fourth-order valence-corrected chi connectivity index (χ4v) is 7.64. The van der Waals surface area contributed by atoms with Crippen LogP contribution in [0.5, 0.6) is 11.5 Å². The van der Waals surface area contributed by atoms with Gasteiger partial charge in [0.05, 0.1) is 26.9 Å². The van der Waals surface area contributed by atoms with E-state index < -0.39 is 16.0 Å². The van der Waals surface area contributed by atoms with Crippen LogP contribution in [0.15, 0.2) is 109 Å². The molecule has 0 aliphatic carbocycles. The van der Waals surface area contributed by atoms with E-state index in [1.165, 1.54) is 11.8 Å². The van der Waals surface area contributed by atoms with Crippen molar-refractivity contribution >= 4 is 51.1 Å². The first kappa shape index (κ1) is 40.3. The molecule has 0 radical (unpaired) electrons. The van der Waals surface area contributed by atoms with Crippen molar-refractivity contribution in [3.8, 4) is 11.5 Å². The van der Waals surface area contributed by atoms with Crippen LogP contribution >= 0.6 is 23.5 Å². The number of methoxy groups -OCH3 is 2. The van der Waals surface area contributed by atoms with E-state index in [-0.39, 0.29) is 28.5 Å². The van der Waals surface area contributed by atoms with Gasteiger partial charge in [-0.15, -0.1) is 0 Å². The van der Waals surface area contributed by atoms with Crippen molar-refractivity contribution in [2.24, 2.45) is 0 Å². The van der Waals surface area contributed by atoms with Gasteiger partial charge in [0.1, 0.15) is 11.5 Å². The lowest BCUT2D eigenvalue weighted by Crippen LogP contribution is -2.24. The standard InChI is InChI=1S/C19H23NO4S2.C19H20O4S/c1-24-17-10-8-16(9-11-17)19(25-13-12-20-26(2,22)23)14-18(21)15-6-4-3-5-7-15;1-23-16-9-7-15(8-10-16)18(24-12-11-19(21)22)13-17(20)14-5-3-2-4-6-14/h3-11,19-20H,12-14H2,1-2H3;2-10,18H,11-13H2,1H3,(H,21,22). The van der Waals surface area contributed by atoms with Gasteiger partial charge >= 0.3 is 5.97 Å².